The van der Waals surface area contributed by atoms with Crippen LogP contribution < -0.4 is 10.6 Å². The molecule has 1 heterocycles. The molecule has 2 aromatic rings. The number of benzene rings is 1. The summed E-state index contributed by atoms with van der Waals surface area (Å²) in [5.74, 6) is 0.718. The van der Waals surface area contributed by atoms with Crippen LogP contribution >= 0.6 is 24.0 Å². The van der Waals surface area contributed by atoms with Gasteiger partial charge in [-0.25, -0.2) is 9.67 Å². The number of aromatic nitrogens is 3. The van der Waals surface area contributed by atoms with Crippen LogP contribution in [0.15, 0.2) is 24.3 Å². The van der Waals surface area contributed by atoms with Gasteiger partial charge in [0.1, 0.15) is 5.82 Å². The molecule has 1 aromatic carbocycles. The van der Waals surface area contributed by atoms with Crippen LogP contribution in [-0.4, -0.2) is 40.8 Å². The number of nitrogens with zero attached hydrogens (tertiary/aromatic N) is 3. The van der Waals surface area contributed by atoms with Crippen LogP contribution in [0.1, 0.15) is 42.6 Å². The van der Waals surface area contributed by atoms with Crippen LogP contribution in [0.25, 0.3) is 5.69 Å². The molecule has 132 valence electrons. The average Bonchev–Trinajstić information content (AvgIpc) is 2.97. The molecular formula is C16H23Cl2N5O. The van der Waals surface area contributed by atoms with Gasteiger partial charge in [0.25, 0.3) is 5.91 Å². The van der Waals surface area contributed by atoms with E-state index in [0.717, 1.165) is 18.7 Å². The standard InChI is InChI=1S/C16H22ClN5O.ClH/c1-11(2)15-20-14(16(23)19-10-6-9-18-3)21-22(15)13-8-5-4-7-12(13)17;/h4-5,7-8,11,18H,6,9-10H2,1-3H3,(H,19,23);1H. The van der Waals surface area contributed by atoms with Crippen LogP contribution in [0.2, 0.25) is 5.02 Å². The largest absolute Gasteiger partial charge is 0.349 e. The second-order valence-electron chi connectivity index (χ2n) is 5.52. The molecular weight excluding hydrogens is 349 g/mol. The van der Waals surface area contributed by atoms with Crippen LogP contribution in [-0.2, 0) is 0 Å². The van der Waals surface area contributed by atoms with E-state index in [4.69, 9.17) is 11.6 Å². The Hall–Kier alpha value is -1.63. The van der Waals surface area contributed by atoms with Crippen molar-refractivity contribution in [3.63, 3.8) is 0 Å². The van der Waals surface area contributed by atoms with E-state index < -0.39 is 0 Å². The first-order valence-corrected chi connectivity index (χ1v) is 8.07. The van der Waals surface area contributed by atoms with Crippen molar-refractivity contribution in [2.24, 2.45) is 0 Å². The number of amides is 1. The Kier molecular flexibility index (Phi) is 8.18. The Morgan fingerprint density at radius 3 is 2.62 bits per heavy atom. The zero-order chi connectivity index (χ0) is 16.8. The van der Waals surface area contributed by atoms with E-state index >= 15 is 0 Å². The molecule has 0 aliphatic carbocycles. The highest BCUT2D eigenvalue weighted by molar-refractivity contribution is 6.32. The van der Waals surface area contributed by atoms with Crippen LogP contribution in [0.5, 0.6) is 0 Å². The highest BCUT2D eigenvalue weighted by Gasteiger charge is 2.20. The van der Waals surface area contributed by atoms with Gasteiger partial charge < -0.3 is 10.6 Å². The number of carbonyl (C=O) groups excluding carboxylic acids is 1. The molecule has 0 bridgehead atoms. The minimum atomic E-state index is -0.270. The molecule has 0 spiro atoms. The van der Waals surface area contributed by atoms with Gasteiger partial charge in [0.2, 0.25) is 5.82 Å². The average molecular weight is 372 g/mol. The molecule has 0 atom stereocenters. The third kappa shape index (κ3) is 4.93. The molecule has 0 aliphatic heterocycles. The summed E-state index contributed by atoms with van der Waals surface area (Å²) in [6.07, 6.45) is 0.852. The summed E-state index contributed by atoms with van der Waals surface area (Å²) in [5, 5.41) is 10.8. The first kappa shape index (κ1) is 20.4. The number of halogens is 2. The molecule has 1 aromatic heterocycles. The van der Waals surface area contributed by atoms with Crippen molar-refractivity contribution >= 4 is 29.9 Å². The van der Waals surface area contributed by atoms with Crippen molar-refractivity contribution in [3.8, 4) is 5.69 Å². The maximum absolute atomic E-state index is 12.2. The lowest BCUT2D eigenvalue weighted by Crippen LogP contribution is -2.27. The Balaban J connectivity index is 0.00000288. The quantitative estimate of drug-likeness (QED) is 0.734. The monoisotopic (exact) mass is 371 g/mol. The van der Waals surface area contributed by atoms with E-state index in [2.05, 4.69) is 20.7 Å². The highest BCUT2D eigenvalue weighted by atomic mass is 35.5. The maximum atomic E-state index is 12.2. The third-order valence-corrected chi connectivity index (χ3v) is 3.64. The van der Waals surface area contributed by atoms with E-state index in [0.29, 0.717) is 17.4 Å². The van der Waals surface area contributed by atoms with Gasteiger partial charge in [0, 0.05) is 12.5 Å². The molecule has 8 heteroatoms. The normalized spacial score (nSPS) is 10.5. The SMILES string of the molecule is CNCCCNC(=O)c1nc(C(C)C)n(-c2ccccc2Cl)n1.Cl. The number of hydrogen-bond donors (Lipinski definition) is 2. The fourth-order valence-electron chi connectivity index (χ4n) is 2.14. The summed E-state index contributed by atoms with van der Waals surface area (Å²) in [7, 11) is 1.88. The van der Waals surface area contributed by atoms with Gasteiger partial charge in [-0.1, -0.05) is 37.6 Å². The first-order valence-electron chi connectivity index (χ1n) is 7.69. The van der Waals surface area contributed by atoms with Crippen molar-refractivity contribution in [1.82, 2.24) is 25.4 Å². The first-order chi connectivity index (χ1) is 11.0. The van der Waals surface area contributed by atoms with Gasteiger partial charge >= 0.3 is 0 Å². The van der Waals surface area contributed by atoms with E-state index in [-0.39, 0.29) is 30.1 Å². The summed E-state index contributed by atoms with van der Waals surface area (Å²) in [4.78, 5) is 16.6. The van der Waals surface area contributed by atoms with Crippen molar-refractivity contribution in [2.75, 3.05) is 20.1 Å². The van der Waals surface area contributed by atoms with Crippen LogP contribution in [0, 0.1) is 0 Å². The Morgan fingerprint density at radius 2 is 2.00 bits per heavy atom. The summed E-state index contributed by atoms with van der Waals surface area (Å²) >= 11 is 6.25. The molecule has 0 aliphatic rings. The topological polar surface area (TPSA) is 71.8 Å². The number of para-hydroxylation sites is 1. The lowest BCUT2D eigenvalue weighted by Gasteiger charge is -2.09. The molecule has 0 saturated carbocycles. The van der Waals surface area contributed by atoms with Gasteiger partial charge in [-0.15, -0.1) is 17.5 Å². The van der Waals surface area contributed by atoms with Gasteiger partial charge in [-0.05, 0) is 32.1 Å². The fraction of sp³-hybridized carbons (Fsp3) is 0.438. The van der Waals surface area contributed by atoms with Gasteiger partial charge in [-0.3, -0.25) is 4.79 Å². The Bertz CT molecular complexity index is 672. The summed E-state index contributed by atoms with van der Waals surface area (Å²) < 4.78 is 1.65. The lowest BCUT2D eigenvalue weighted by atomic mass is 10.2. The summed E-state index contributed by atoms with van der Waals surface area (Å²) in [6.45, 7) is 5.44. The molecule has 0 radical (unpaired) electrons. The van der Waals surface area contributed by atoms with Crippen molar-refractivity contribution in [3.05, 3.63) is 40.9 Å². The summed E-state index contributed by atoms with van der Waals surface area (Å²) in [5.41, 5.74) is 0.722. The molecule has 1 amide bonds. The number of hydrogen-bond acceptors (Lipinski definition) is 4. The molecule has 2 rings (SSSR count). The third-order valence-electron chi connectivity index (χ3n) is 3.32. The molecule has 0 fully saturated rings. The minimum Gasteiger partial charge on any atom is -0.349 e. The number of carbonyl (C=O) groups is 1. The molecule has 0 unspecified atom stereocenters. The Labute approximate surface area is 153 Å². The van der Waals surface area contributed by atoms with Crippen molar-refractivity contribution < 1.29 is 4.79 Å². The second-order valence-corrected chi connectivity index (χ2v) is 5.93. The predicted molar refractivity (Wildman–Crippen MR) is 98.6 cm³/mol. The Morgan fingerprint density at radius 1 is 1.29 bits per heavy atom. The molecule has 6 nitrogen and oxygen atoms in total. The van der Waals surface area contributed by atoms with Crippen molar-refractivity contribution in [2.45, 2.75) is 26.2 Å². The van der Waals surface area contributed by atoms with E-state index in [9.17, 15) is 4.79 Å². The zero-order valence-electron chi connectivity index (χ0n) is 14.0. The van der Waals surface area contributed by atoms with Gasteiger partial charge in [0.15, 0.2) is 0 Å². The minimum absolute atomic E-state index is 0. The molecule has 2 N–H and O–H groups in total. The zero-order valence-corrected chi connectivity index (χ0v) is 15.6. The second kappa shape index (κ2) is 9.61. The lowest BCUT2D eigenvalue weighted by molar-refractivity contribution is 0.0943. The maximum Gasteiger partial charge on any atom is 0.290 e. The predicted octanol–water partition coefficient (Wildman–Crippen LogP) is 2.81. The smallest absolute Gasteiger partial charge is 0.290 e. The fourth-order valence-corrected chi connectivity index (χ4v) is 2.36. The molecule has 0 saturated heterocycles. The number of nitrogens with one attached hydrogen (secondary N) is 2. The van der Waals surface area contributed by atoms with Gasteiger partial charge in [-0.2, -0.15) is 0 Å². The number of rotatable bonds is 7. The van der Waals surface area contributed by atoms with Gasteiger partial charge in [0.05, 0.1) is 10.7 Å². The highest BCUT2D eigenvalue weighted by Crippen LogP contribution is 2.23. The van der Waals surface area contributed by atoms with E-state index in [1.165, 1.54) is 0 Å². The summed E-state index contributed by atoms with van der Waals surface area (Å²) in [6, 6.07) is 7.38. The molecule has 24 heavy (non-hydrogen) atoms. The van der Waals surface area contributed by atoms with E-state index in [1.54, 1.807) is 10.7 Å². The van der Waals surface area contributed by atoms with Crippen molar-refractivity contribution in [1.29, 1.82) is 0 Å². The van der Waals surface area contributed by atoms with Crippen LogP contribution in [0.3, 0.4) is 0 Å². The van der Waals surface area contributed by atoms with E-state index in [1.807, 2.05) is 39.1 Å². The van der Waals surface area contributed by atoms with Crippen LogP contribution in [0.4, 0.5) is 0 Å².